The molecule has 2 aromatic rings. The summed E-state index contributed by atoms with van der Waals surface area (Å²) in [6.07, 6.45) is 0. The van der Waals surface area contributed by atoms with Crippen molar-refractivity contribution >= 4 is 5.78 Å². The number of carbonyl (C=O) groups excluding carboxylic acids is 1. The van der Waals surface area contributed by atoms with Gasteiger partial charge in [0, 0.05) is 6.54 Å². The zero-order chi connectivity index (χ0) is 12.8. The predicted molar refractivity (Wildman–Crippen MR) is 68.9 cm³/mol. The molecule has 0 saturated carbocycles. The second kappa shape index (κ2) is 6.07. The van der Waals surface area contributed by atoms with Gasteiger partial charge in [-0.15, -0.1) is 0 Å². The van der Waals surface area contributed by atoms with E-state index in [1.807, 2.05) is 30.3 Å². The van der Waals surface area contributed by atoms with Crippen LogP contribution in [0.25, 0.3) is 0 Å². The van der Waals surface area contributed by atoms with E-state index >= 15 is 0 Å². The summed E-state index contributed by atoms with van der Waals surface area (Å²) < 4.78 is 13.3. The van der Waals surface area contributed by atoms with Crippen LogP contribution in [0.15, 0.2) is 54.6 Å². The van der Waals surface area contributed by atoms with E-state index in [2.05, 4.69) is 5.32 Å². The van der Waals surface area contributed by atoms with Crippen LogP contribution < -0.4 is 5.32 Å². The monoisotopic (exact) mass is 243 g/mol. The van der Waals surface area contributed by atoms with Crippen molar-refractivity contribution in [3.63, 3.8) is 0 Å². The molecule has 3 heteroatoms. The summed E-state index contributed by atoms with van der Waals surface area (Å²) >= 11 is 0. The van der Waals surface area contributed by atoms with E-state index in [0.717, 1.165) is 5.56 Å². The fourth-order valence-electron chi connectivity index (χ4n) is 1.70. The Hall–Kier alpha value is -2.00. The Bertz CT molecular complexity index is 525. The highest BCUT2D eigenvalue weighted by atomic mass is 19.1. The van der Waals surface area contributed by atoms with Gasteiger partial charge in [0.05, 0.1) is 12.1 Å². The van der Waals surface area contributed by atoms with Crippen molar-refractivity contribution in [1.29, 1.82) is 0 Å². The summed E-state index contributed by atoms with van der Waals surface area (Å²) in [4.78, 5) is 11.8. The van der Waals surface area contributed by atoms with E-state index < -0.39 is 5.82 Å². The number of halogens is 1. The zero-order valence-electron chi connectivity index (χ0n) is 9.90. The first-order chi connectivity index (χ1) is 8.77. The second-order valence-corrected chi connectivity index (χ2v) is 3.99. The SMILES string of the molecule is O=C(CNCc1ccccc1)c1ccccc1F. The molecule has 2 nitrogen and oxygen atoms in total. The predicted octanol–water partition coefficient (Wildman–Crippen LogP) is 2.80. The van der Waals surface area contributed by atoms with Crippen molar-refractivity contribution in [2.24, 2.45) is 0 Å². The molecule has 0 radical (unpaired) electrons. The molecule has 0 amide bonds. The summed E-state index contributed by atoms with van der Waals surface area (Å²) in [5.74, 6) is -0.701. The third-order valence-corrected chi connectivity index (χ3v) is 2.63. The lowest BCUT2D eigenvalue weighted by molar-refractivity contribution is 0.0987. The van der Waals surface area contributed by atoms with Crippen LogP contribution in [-0.2, 0) is 6.54 Å². The average Bonchev–Trinajstić information content (AvgIpc) is 2.40. The number of ketones is 1. The number of Topliss-reactive ketones (excluding diaryl/α,β-unsaturated/α-hetero) is 1. The molecule has 0 aliphatic heterocycles. The minimum atomic E-state index is -0.469. The van der Waals surface area contributed by atoms with Crippen LogP contribution in [0.1, 0.15) is 15.9 Å². The maximum Gasteiger partial charge on any atom is 0.179 e. The quantitative estimate of drug-likeness (QED) is 0.818. The van der Waals surface area contributed by atoms with Gasteiger partial charge in [-0.3, -0.25) is 4.79 Å². The molecule has 2 aromatic carbocycles. The topological polar surface area (TPSA) is 29.1 Å². The Morgan fingerprint density at radius 1 is 1.00 bits per heavy atom. The molecule has 18 heavy (non-hydrogen) atoms. The molecule has 0 aliphatic carbocycles. The highest BCUT2D eigenvalue weighted by molar-refractivity contribution is 5.97. The lowest BCUT2D eigenvalue weighted by Crippen LogP contribution is -2.23. The van der Waals surface area contributed by atoms with E-state index in [1.54, 1.807) is 12.1 Å². The maximum atomic E-state index is 13.3. The van der Waals surface area contributed by atoms with Crippen LogP contribution in [0.3, 0.4) is 0 Å². The number of hydrogen-bond acceptors (Lipinski definition) is 2. The molecular weight excluding hydrogens is 229 g/mol. The number of nitrogens with one attached hydrogen (secondary N) is 1. The van der Waals surface area contributed by atoms with Crippen molar-refractivity contribution in [3.05, 3.63) is 71.5 Å². The average molecular weight is 243 g/mol. The lowest BCUT2D eigenvalue weighted by Gasteiger charge is -2.05. The number of carbonyl (C=O) groups is 1. The van der Waals surface area contributed by atoms with Crippen LogP contribution >= 0.6 is 0 Å². The molecule has 0 bridgehead atoms. The van der Waals surface area contributed by atoms with E-state index in [-0.39, 0.29) is 17.9 Å². The molecule has 0 aliphatic rings. The van der Waals surface area contributed by atoms with Gasteiger partial charge in [-0.1, -0.05) is 42.5 Å². The van der Waals surface area contributed by atoms with Gasteiger partial charge < -0.3 is 5.32 Å². The fraction of sp³-hybridized carbons (Fsp3) is 0.133. The third kappa shape index (κ3) is 3.25. The zero-order valence-corrected chi connectivity index (χ0v) is 9.90. The largest absolute Gasteiger partial charge is 0.306 e. The molecule has 2 rings (SSSR count). The lowest BCUT2D eigenvalue weighted by atomic mass is 10.1. The Labute approximate surface area is 105 Å². The highest BCUT2D eigenvalue weighted by Gasteiger charge is 2.09. The van der Waals surface area contributed by atoms with Gasteiger partial charge in [0.15, 0.2) is 5.78 Å². The first-order valence-electron chi connectivity index (χ1n) is 5.80. The molecule has 0 heterocycles. The van der Waals surface area contributed by atoms with Crippen molar-refractivity contribution in [3.8, 4) is 0 Å². The molecule has 0 atom stereocenters. The molecule has 0 saturated heterocycles. The summed E-state index contributed by atoms with van der Waals surface area (Å²) in [6, 6.07) is 15.8. The van der Waals surface area contributed by atoms with Crippen LogP contribution in [0.2, 0.25) is 0 Å². The van der Waals surface area contributed by atoms with Gasteiger partial charge in [-0.2, -0.15) is 0 Å². The van der Waals surface area contributed by atoms with E-state index in [4.69, 9.17) is 0 Å². The smallest absolute Gasteiger partial charge is 0.179 e. The Kier molecular flexibility index (Phi) is 4.20. The minimum absolute atomic E-state index is 0.135. The van der Waals surface area contributed by atoms with Gasteiger partial charge in [0.25, 0.3) is 0 Å². The molecule has 0 spiro atoms. The molecule has 1 N–H and O–H groups in total. The Morgan fingerprint density at radius 3 is 2.39 bits per heavy atom. The molecule has 0 unspecified atom stereocenters. The van der Waals surface area contributed by atoms with Crippen molar-refractivity contribution in [1.82, 2.24) is 5.32 Å². The molecule has 0 fully saturated rings. The molecular formula is C15H14FNO. The first kappa shape index (κ1) is 12.5. The van der Waals surface area contributed by atoms with Gasteiger partial charge in [-0.05, 0) is 17.7 Å². The normalized spacial score (nSPS) is 10.3. The molecule has 92 valence electrons. The maximum absolute atomic E-state index is 13.3. The number of hydrogen-bond donors (Lipinski definition) is 1. The fourth-order valence-corrected chi connectivity index (χ4v) is 1.70. The van der Waals surface area contributed by atoms with E-state index in [9.17, 15) is 9.18 Å². The van der Waals surface area contributed by atoms with Gasteiger partial charge in [0.1, 0.15) is 5.82 Å². The first-order valence-corrected chi connectivity index (χ1v) is 5.80. The number of benzene rings is 2. The Balaban J connectivity index is 1.88. The number of rotatable bonds is 5. The van der Waals surface area contributed by atoms with Gasteiger partial charge >= 0.3 is 0 Å². The van der Waals surface area contributed by atoms with E-state index in [1.165, 1.54) is 12.1 Å². The third-order valence-electron chi connectivity index (χ3n) is 2.63. The summed E-state index contributed by atoms with van der Waals surface area (Å²) in [6.45, 7) is 0.733. The summed E-state index contributed by atoms with van der Waals surface area (Å²) in [5, 5.41) is 3.01. The van der Waals surface area contributed by atoms with Gasteiger partial charge in [-0.25, -0.2) is 4.39 Å². The minimum Gasteiger partial charge on any atom is -0.306 e. The standard InChI is InChI=1S/C15H14FNO/c16-14-9-5-4-8-13(14)15(18)11-17-10-12-6-2-1-3-7-12/h1-9,17H,10-11H2. The van der Waals surface area contributed by atoms with Crippen LogP contribution in [0.5, 0.6) is 0 Å². The van der Waals surface area contributed by atoms with Gasteiger partial charge in [0.2, 0.25) is 0 Å². The van der Waals surface area contributed by atoms with Crippen molar-refractivity contribution < 1.29 is 9.18 Å². The van der Waals surface area contributed by atoms with Crippen LogP contribution in [-0.4, -0.2) is 12.3 Å². The Morgan fingerprint density at radius 2 is 1.67 bits per heavy atom. The van der Waals surface area contributed by atoms with Crippen LogP contribution in [0, 0.1) is 5.82 Å². The summed E-state index contributed by atoms with van der Waals surface area (Å²) in [5.41, 5.74) is 1.23. The second-order valence-electron chi connectivity index (χ2n) is 3.99. The highest BCUT2D eigenvalue weighted by Crippen LogP contribution is 2.06. The molecule has 0 aromatic heterocycles. The van der Waals surface area contributed by atoms with Crippen molar-refractivity contribution in [2.45, 2.75) is 6.54 Å². The van der Waals surface area contributed by atoms with E-state index in [0.29, 0.717) is 6.54 Å². The van der Waals surface area contributed by atoms with Crippen LogP contribution in [0.4, 0.5) is 4.39 Å². The van der Waals surface area contributed by atoms with Crippen molar-refractivity contribution in [2.75, 3.05) is 6.54 Å². The summed E-state index contributed by atoms with van der Waals surface area (Å²) in [7, 11) is 0.